The highest BCUT2D eigenvalue weighted by Crippen LogP contribution is 2.28. The van der Waals surface area contributed by atoms with Gasteiger partial charge in [-0.05, 0) is 18.2 Å². The molecule has 0 aliphatic carbocycles. The second-order valence-corrected chi connectivity index (χ2v) is 7.35. The van der Waals surface area contributed by atoms with E-state index in [1.807, 2.05) is 4.90 Å². The standard InChI is InChI=1S/C22H18F2N6O2/c23-16-1-2-17(25)19(24)18(16)20(31)15-11-27-21-14(15)7-12(8-26-21)13-9-28-22(29-10-13)30-3-5-32-6-4-30/h1-2,7-11H,3-6,25H2,(H,26,27). The maximum Gasteiger partial charge on any atom is 0.225 e. The quantitative estimate of drug-likeness (QED) is 0.374. The molecule has 1 fully saturated rings. The molecule has 5 rings (SSSR count). The Morgan fingerprint density at radius 3 is 2.53 bits per heavy atom. The van der Waals surface area contributed by atoms with Crippen LogP contribution in [0.3, 0.4) is 0 Å². The highest BCUT2D eigenvalue weighted by Gasteiger charge is 2.24. The number of hydrogen-bond donors (Lipinski definition) is 2. The number of morpholine rings is 1. The fraction of sp³-hybridized carbons (Fsp3) is 0.182. The summed E-state index contributed by atoms with van der Waals surface area (Å²) in [6.45, 7) is 2.70. The third-order valence-corrected chi connectivity index (χ3v) is 5.39. The number of carbonyl (C=O) groups is 1. The SMILES string of the molecule is Nc1ccc(F)c(C(=O)c2c[nH]c3ncc(-c4cnc(N5CCOCC5)nc4)cc23)c1F. The van der Waals surface area contributed by atoms with Crippen LogP contribution < -0.4 is 10.6 Å². The Labute approximate surface area is 181 Å². The summed E-state index contributed by atoms with van der Waals surface area (Å²) in [5.41, 5.74) is 6.37. The smallest absolute Gasteiger partial charge is 0.225 e. The summed E-state index contributed by atoms with van der Waals surface area (Å²) in [6, 6.07) is 3.76. The Morgan fingerprint density at radius 2 is 1.78 bits per heavy atom. The van der Waals surface area contributed by atoms with E-state index >= 15 is 0 Å². The van der Waals surface area contributed by atoms with Crippen LogP contribution in [0.25, 0.3) is 22.2 Å². The average molecular weight is 436 g/mol. The number of fused-ring (bicyclic) bond motifs is 1. The van der Waals surface area contributed by atoms with Crippen molar-refractivity contribution in [1.82, 2.24) is 19.9 Å². The second-order valence-electron chi connectivity index (χ2n) is 7.35. The number of anilines is 2. The minimum absolute atomic E-state index is 0.0867. The van der Waals surface area contributed by atoms with Crippen LogP contribution in [-0.2, 0) is 4.74 Å². The van der Waals surface area contributed by atoms with Gasteiger partial charge in [0, 0.05) is 60.0 Å². The van der Waals surface area contributed by atoms with Gasteiger partial charge in [0.15, 0.2) is 5.82 Å². The van der Waals surface area contributed by atoms with Gasteiger partial charge in [-0.1, -0.05) is 0 Å². The number of nitrogen functional groups attached to an aromatic ring is 1. The van der Waals surface area contributed by atoms with E-state index in [-0.39, 0.29) is 11.3 Å². The van der Waals surface area contributed by atoms with Crippen molar-refractivity contribution in [3.63, 3.8) is 0 Å². The van der Waals surface area contributed by atoms with E-state index in [2.05, 4.69) is 19.9 Å². The molecule has 3 N–H and O–H groups in total. The number of pyridine rings is 1. The maximum absolute atomic E-state index is 14.4. The number of ketones is 1. The van der Waals surface area contributed by atoms with Gasteiger partial charge in [-0.2, -0.15) is 0 Å². The molecule has 1 aliphatic rings. The Morgan fingerprint density at radius 1 is 1.06 bits per heavy atom. The summed E-state index contributed by atoms with van der Waals surface area (Å²) in [7, 11) is 0. The van der Waals surface area contributed by atoms with Crippen LogP contribution in [-0.4, -0.2) is 52.0 Å². The molecule has 1 saturated heterocycles. The number of aromatic amines is 1. The molecule has 4 aromatic rings. The minimum atomic E-state index is -1.08. The van der Waals surface area contributed by atoms with Crippen LogP contribution in [0, 0.1) is 11.6 Å². The highest BCUT2D eigenvalue weighted by atomic mass is 19.1. The van der Waals surface area contributed by atoms with Crippen molar-refractivity contribution in [2.45, 2.75) is 0 Å². The molecule has 4 heterocycles. The van der Waals surface area contributed by atoms with Crippen LogP contribution in [0.4, 0.5) is 20.4 Å². The molecule has 1 aromatic carbocycles. The zero-order chi connectivity index (χ0) is 22.2. The molecule has 32 heavy (non-hydrogen) atoms. The van der Waals surface area contributed by atoms with E-state index in [9.17, 15) is 13.6 Å². The Bertz CT molecular complexity index is 1320. The lowest BCUT2D eigenvalue weighted by molar-refractivity contribution is 0.103. The minimum Gasteiger partial charge on any atom is -0.396 e. The topological polar surface area (TPSA) is 110 Å². The average Bonchev–Trinajstić information content (AvgIpc) is 3.26. The van der Waals surface area contributed by atoms with Crippen molar-refractivity contribution in [3.05, 3.63) is 65.7 Å². The van der Waals surface area contributed by atoms with E-state index in [0.29, 0.717) is 41.3 Å². The van der Waals surface area contributed by atoms with Crippen molar-refractivity contribution in [3.8, 4) is 11.1 Å². The van der Waals surface area contributed by atoms with Crippen molar-refractivity contribution < 1.29 is 18.3 Å². The summed E-state index contributed by atoms with van der Waals surface area (Å²) in [5.74, 6) is -2.28. The fourth-order valence-electron chi connectivity index (χ4n) is 3.66. The van der Waals surface area contributed by atoms with Gasteiger partial charge in [-0.25, -0.2) is 23.7 Å². The van der Waals surface area contributed by atoms with Gasteiger partial charge in [-0.15, -0.1) is 0 Å². The van der Waals surface area contributed by atoms with Crippen molar-refractivity contribution in [2.24, 2.45) is 0 Å². The van der Waals surface area contributed by atoms with E-state index in [0.717, 1.165) is 25.2 Å². The molecule has 0 unspecified atom stereocenters. The number of H-pyrrole nitrogens is 1. The Kier molecular flexibility index (Phi) is 4.98. The molecular weight excluding hydrogens is 418 g/mol. The van der Waals surface area contributed by atoms with Gasteiger partial charge in [0.1, 0.15) is 11.5 Å². The molecule has 1 aliphatic heterocycles. The molecule has 8 nitrogen and oxygen atoms in total. The first-order valence-corrected chi connectivity index (χ1v) is 9.93. The number of hydrogen-bond acceptors (Lipinski definition) is 7. The van der Waals surface area contributed by atoms with E-state index in [4.69, 9.17) is 10.5 Å². The zero-order valence-corrected chi connectivity index (χ0v) is 16.8. The number of carbonyl (C=O) groups excluding carboxylic acids is 1. The molecule has 0 radical (unpaired) electrons. The number of benzene rings is 1. The molecule has 0 bridgehead atoms. The van der Waals surface area contributed by atoms with Gasteiger partial charge in [0.2, 0.25) is 11.7 Å². The fourth-order valence-corrected chi connectivity index (χ4v) is 3.66. The third-order valence-electron chi connectivity index (χ3n) is 5.39. The molecule has 0 amide bonds. The van der Waals surface area contributed by atoms with Gasteiger partial charge in [-0.3, -0.25) is 4.79 Å². The molecule has 162 valence electrons. The van der Waals surface area contributed by atoms with Crippen molar-refractivity contribution in [1.29, 1.82) is 0 Å². The predicted molar refractivity (Wildman–Crippen MR) is 114 cm³/mol. The first-order valence-electron chi connectivity index (χ1n) is 9.93. The largest absolute Gasteiger partial charge is 0.396 e. The van der Waals surface area contributed by atoms with Crippen LogP contribution in [0.15, 0.2) is 43.0 Å². The summed E-state index contributed by atoms with van der Waals surface area (Å²) < 4.78 is 34.0. The summed E-state index contributed by atoms with van der Waals surface area (Å²) >= 11 is 0. The first kappa shape index (κ1) is 20.0. The van der Waals surface area contributed by atoms with Crippen LogP contribution in [0.2, 0.25) is 0 Å². The van der Waals surface area contributed by atoms with E-state index < -0.39 is 23.0 Å². The lowest BCUT2D eigenvalue weighted by Crippen LogP contribution is -2.37. The number of nitrogens with two attached hydrogens (primary N) is 1. The summed E-state index contributed by atoms with van der Waals surface area (Å²) in [5, 5.41) is 0.422. The van der Waals surface area contributed by atoms with Crippen LogP contribution >= 0.6 is 0 Å². The predicted octanol–water partition coefficient (Wildman–Crippen LogP) is 2.95. The van der Waals surface area contributed by atoms with Gasteiger partial charge >= 0.3 is 0 Å². The number of rotatable bonds is 4. The number of nitrogens with zero attached hydrogens (tertiary/aromatic N) is 4. The molecule has 0 atom stereocenters. The van der Waals surface area contributed by atoms with E-state index in [1.165, 1.54) is 6.20 Å². The molecule has 0 saturated carbocycles. The second kappa shape index (κ2) is 7.97. The summed E-state index contributed by atoms with van der Waals surface area (Å²) in [6.07, 6.45) is 6.34. The van der Waals surface area contributed by atoms with Gasteiger partial charge in [0.05, 0.1) is 24.5 Å². The number of nitrogens with one attached hydrogen (secondary N) is 1. The summed E-state index contributed by atoms with van der Waals surface area (Å²) in [4.78, 5) is 31.0. The van der Waals surface area contributed by atoms with Crippen molar-refractivity contribution in [2.75, 3.05) is 36.9 Å². The first-order chi connectivity index (χ1) is 15.5. The number of ether oxygens (including phenoxy) is 1. The number of halogens is 2. The molecule has 0 spiro atoms. The zero-order valence-electron chi connectivity index (χ0n) is 16.8. The molecular formula is C22H18F2N6O2. The lowest BCUT2D eigenvalue weighted by Gasteiger charge is -2.26. The Hall–Kier alpha value is -3.92. The van der Waals surface area contributed by atoms with Gasteiger partial charge in [0.25, 0.3) is 0 Å². The molecule has 3 aromatic heterocycles. The van der Waals surface area contributed by atoms with Crippen LogP contribution in [0.1, 0.15) is 15.9 Å². The molecule has 10 heteroatoms. The monoisotopic (exact) mass is 436 g/mol. The van der Waals surface area contributed by atoms with E-state index in [1.54, 1.807) is 24.7 Å². The van der Waals surface area contributed by atoms with Crippen molar-refractivity contribution >= 4 is 28.5 Å². The normalized spacial score (nSPS) is 14.1. The van der Waals surface area contributed by atoms with Crippen LogP contribution in [0.5, 0.6) is 0 Å². The Balaban J connectivity index is 1.51. The third kappa shape index (κ3) is 3.44. The van der Waals surface area contributed by atoms with Gasteiger partial charge < -0.3 is 20.4 Å². The number of aromatic nitrogens is 4. The lowest BCUT2D eigenvalue weighted by atomic mass is 10.0. The highest BCUT2D eigenvalue weighted by molar-refractivity contribution is 6.16. The maximum atomic E-state index is 14.4.